The Morgan fingerprint density at radius 1 is 1.07 bits per heavy atom. The fraction of sp³-hybridized carbons (Fsp3) is 0.364. The van der Waals surface area contributed by atoms with E-state index in [0.29, 0.717) is 36.8 Å². The first-order valence-electron chi connectivity index (χ1n) is 9.73. The molecule has 2 aromatic carbocycles. The molecule has 1 fully saturated rings. The van der Waals surface area contributed by atoms with Gasteiger partial charge in [0.05, 0.1) is 27.4 Å². The quantitative estimate of drug-likeness (QED) is 0.694. The van der Waals surface area contributed by atoms with Crippen molar-refractivity contribution in [2.75, 3.05) is 39.3 Å². The second-order valence-electron chi connectivity index (χ2n) is 6.95. The van der Waals surface area contributed by atoms with E-state index in [1.165, 1.54) is 0 Å². The fourth-order valence-electron chi connectivity index (χ4n) is 3.43. The van der Waals surface area contributed by atoms with Crippen LogP contribution in [0.15, 0.2) is 42.5 Å². The summed E-state index contributed by atoms with van der Waals surface area (Å²) in [5.74, 6) is 1.98. The highest BCUT2D eigenvalue weighted by Gasteiger charge is 2.31. The van der Waals surface area contributed by atoms with Gasteiger partial charge in [-0.2, -0.15) is 0 Å². The van der Waals surface area contributed by atoms with Gasteiger partial charge in [0.2, 0.25) is 5.91 Å². The Kier molecular flexibility index (Phi) is 7.00. The van der Waals surface area contributed by atoms with Gasteiger partial charge in [0.1, 0.15) is 5.75 Å². The first-order valence-corrected chi connectivity index (χ1v) is 9.73. The number of hydrogen-bond acceptors (Lipinski definition) is 5. The molecule has 3 rings (SSSR count). The maximum Gasteiger partial charge on any atom is 0.315 e. The van der Waals surface area contributed by atoms with E-state index in [1.807, 2.05) is 42.5 Å². The van der Waals surface area contributed by atoms with Crippen molar-refractivity contribution >= 4 is 17.6 Å². The van der Waals surface area contributed by atoms with Crippen LogP contribution < -0.4 is 29.7 Å². The standard InChI is InChI=1S/C22H27N3O5/c1-28-18-6-4-5-17(13-18)25-14-16(12-21(25)26)24-22(27)23-10-9-15-7-8-19(29-2)20(11-15)30-3/h4-8,11,13,16H,9-10,12,14H2,1-3H3,(H2,23,24,27). The molecule has 0 bridgehead atoms. The fourth-order valence-corrected chi connectivity index (χ4v) is 3.43. The summed E-state index contributed by atoms with van der Waals surface area (Å²) in [6.07, 6.45) is 0.910. The van der Waals surface area contributed by atoms with Crippen molar-refractivity contribution in [2.24, 2.45) is 0 Å². The Balaban J connectivity index is 1.48. The summed E-state index contributed by atoms with van der Waals surface area (Å²) in [5, 5.41) is 5.72. The first kappa shape index (κ1) is 21.3. The Hall–Kier alpha value is -3.42. The Bertz CT molecular complexity index is 902. The molecule has 0 spiro atoms. The third-order valence-electron chi connectivity index (χ3n) is 4.97. The Labute approximate surface area is 176 Å². The average molecular weight is 413 g/mol. The molecule has 0 saturated carbocycles. The molecule has 1 aliphatic heterocycles. The number of nitrogens with zero attached hydrogens (tertiary/aromatic N) is 1. The molecule has 160 valence electrons. The van der Waals surface area contributed by atoms with Gasteiger partial charge >= 0.3 is 6.03 Å². The highest BCUT2D eigenvalue weighted by molar-refractivity contribution is 5.97. The number of benzene rings is 2. The molecule has 0 radical (unpaired) electrons. The van der Waals surface area contributed by atoms with Gasteiger partial charge in [0.25, 0.3) is 0 Å². The smallest absolute Gasteiger partial charge is 0.315 e. The van der Waals surface area contributed by atoms with Crippen LogP contribution in [0, 0.1) is 0 Å². The predicted molar refractivity (Wildman–Crippen MR) is 114 cm³/mol. The lowest BCUT2D eigenvalue weighted by Crippen LogP contribution is -2.43. The summed E-state index contributed by atoms with van der Waals surface area (Å²) < 4.78 is 15.7. The highest BCUT2D eigenvalue weighted by Crippen LogP contribution is 2.28. The molecule has 8 heteroatoms. The van der Waals surface area contributed by atoms with Crippen molar-refractivity contribution in [1.29, 1.82) is 0 Å². The van der Waals surface area contributed by atoms with Crippen LogP contribution in [0.1, 0.15) is 12.0 Å². The summed E-state index contributed by atoms with van der Waals surface area (Å²) in [7, 11) is 4.76. The number of amides is 3. The molecule has 1 saturated heterocycles. The van der Waals surface area contributed by atoms with E-state index in [-0.39, 0.29) is 24.4 Å². The van der Waals surface area contributed by atoms with Crippen molar-refractivity contribution in [3.63, 3.8) is 0 Å². The minimum Gasteiger partial charge on any atom is -0.497 e. The van der Waals surface area contributed by atoms with E-state index in [1.54, 1.807) is 26.2 Å². The first-order chi connectivity index (χ1) is 14.5. The van der Waals surface area contributed by atoms with Crippen LogP contribution in [0.2, 0.25) is 0 Å². The van der Waals surface area contributed by atoms with Gasteiger partial charge in [0.15, 0.2) is 11.5 Å². The van der Waals surface area contributed by atoms with Crippen LogP contribution in [0.5, 0.6) is 17.2 Å². The number of ether oxygens (including phenoxy) is 3. The average Bonchev–Trinajstić information content (AvgIpc) is 3.13. The van der Waals surface area contributed by atoms with Gasteiger partial charge in [-0.3, -0.25) is 4.79 Å². The second-order valence-corrected chi connectivity index (χ2v) is 6.95. The van der Waals surface area contributed by atoms with Crippen molar-refractivity contribution in [3.8, 4) is 17.2 Å². The lowest BCUT2D eigenvalue weighted by molar-refractivity contribution is -0.117. The normalized spacial score (nSPS) is 15.6. The van der Waals surface area contributed by atoms with E-state index < -0.39 is 0 Å². The van der Waals surface area contributed by atoms with E-state index >= 15 is 0 Å². The molecule has 2 aromatic rings. The lowest BCUT2D eigenvalue weighted by Gasteiger charge is -2.18. The number of hydrogen-bond donors (Lipinski definition) is 2. The number of methoxy groups -OCH3 is 3. The van der Waals surface area contributed by atoms with Gasteiger partial charge in [-0.25, -0.2) is 4.79 Å². The molecule has 1 aliphatic rings. The van der Waals surface area contributed by atoms with Gasteiger partial charge in [-0.1, -0.05) is 12.1 Å². The summed E-state index contributed by atoms with van der Waals surface area (Å²) in [4.78, 5) is 26.3. The van der Waals surface area contributed by atoms with Crippen molar-refractivity contribution in [2.45, 2.75) is 18.9 Å². The third kappa shape index (κ3) is 5.14. The maximum absolute atomic E-state index is 12.4. The van der Waals surface area contributed by atoms with Crippen LogP contribution in [-0.4, -0.2) is 52.4 Å². The molecule has 1 heterocycles. The van der Waals surface area contributed by atoms with Crippen molar-refractivity contribution < 1.29 is 23.8 Å². The van der Waals surface area contributed by atoms with Crippen LogP contribution >= 0.6 is 0 Å². The van der Waals surface area contributed by atoms with E-state index in [9.17, 15) is 9.59 Å². The number of carbonyl (C=O) groups is 2. The van der Waals surface area contributed by atoms with Crippen LogP contribution in [-0.2, 0) is 11.2 Å². The molecule has 1 atom stereocenters. The number of carbonyl (C=O) groups excluding carboxylic acids is 2. The zero-order chi connectivity index (χ0) is 21.5. The molecule has 1 unspecified atom stereocenters. The van der Waals surface area contributed by atoms with Crippen LogP contribution in [0.25, 0.3) is 0 Å². The summed E-state index contributed by atoms with van der Waals surface area (Å²) >= 11 is 0. The third-order valence-corrected chi connectivity index (χ3v) is 4.97. The molecule has 0 aliphatic carbocycles. The lowest BCUT2D eigenvalue weighted by atomic mass is 10.1. The predicted octanol–water partition coefficient (Wildman–Crippen LogP) is 2.36. The van der Waals surface area contributed by atoms with Crippen molar-refractivity contribution in [1.82, 2.24) is 10.6 Å². The second kappa shape index (κ2) is 9.87. The molecule has 0 aromatic heterocycles. The largest absolute Gasteiger partial charge is 0.497 e. The summed E-state index contributed by atoms with van der Waals surface area (Å²) in [6.45, 7) is 0.886. The minimum atomic E-state index is -0.291. The molecule has 3 amide bonds. The zero-order valence-corrected chi connectivity index (χ0v) is 17.4. The molecular formula is C22H27N3O5. The van der Waals surface area contributed by atoms with E-state index in [0.717, 1.165) is 11.3 Å². The number of rotatable bonds is 8. The van der Waals surface area contributed by atoms with E-state index in [2.05, 4.69) is 10.6 Å². The van der Waals surface area contributed by atoms with Crippen molar-refractivity contribution in [3.05, 3.63) is 48.0 Å². The molecule has 2 N–H and O–H groups in total. The molecule has 8 nitrogen and oxygen atoms in total. The molecule has 30 heavy (non-hydrogen) atoms. The molecular weight excluding hydrogens is 386 g/mol. The van der Waals surface area contributed by atoms with Gasteiger partial charge in [0, 0.05) is 31.3 Å². The number of urea groups is 1. The van der Waals surface area contributed by atoms with Gasteiger partial charge in [-0.05, 0) is 36.2 Å². The zero-order valence-electron chi connectivity index (χ0n) is 17.4. The van der Waals surface area contributed by atoms with E-state index in [4.69, 9.17) is 14.2 Å². The topological polar surface area (TPSA) is 89.1 Å². The van der Waals surface area contributed by atoms with Crippen LogP contribution in [0.3, 0.4) is 0 Å². The highest BCUT2D eigenvalue weighted by atomic mass is 16.5. The summed E-state index contributed by atoms with van der Waals surface area (Å²) in [6, 6.07) is 12.4. The number of anilines is 1. The van der Waals surface area contributed by atoms with Gasteiger partial charge in [-0.15, -0.1) is 0 Å². The number of nitrogens with one attached hydrogen (secondary N) is 2. The summed E-state index contributed by atoms with van der Waals surface area (Å²) in [5.41, 5.74) is 1.78. The van der Waals surface area contributed by atoms with Gasteiger partial charge < -0.3 is 29.7 Å². The Morgan fingerprint density at radius 2 is 1.87 bits per heavy atom. The minimum absolute atomic E-state index is 0.0288. The maximum atomic E-state index is 12.4. The Morgan fingerprint density at radius 3 is 2.60 bits per heavy atom. The monoisotopic (exact) mass is 413 g/mol. The SMILES string of the molecule is COc1cccc(N2CC(NC(=O)NCCc3ccc(OC)c(OC)c3)CC2=O)c1. The van der Waals surface area contributed by atoms with Crippen LogP contribution in [0.4, 0.5) is 10.5 Å².